The van der Waals surface area contributed by atoms with Gasteiger partial charge in [0, 0.05) is 11.4 Å². The minimum absolute atomic E-state index is 0.459. The highest BCUT2D eigenvalue weighted by Gasteiger charge is 2.44. The molecule has 0 spiro atoms. The molecule has 1 aromatic carbocycles. The van der Waals surface area contributed by atoms with Gasteiger partial charge in [-0.15, -0.1) is 23.1 Å². The second kappa shape index (κ2) is 9.19. The molecule has 2 aromatic rings. The average molecular weight is 432 g/mol. The van der Waals surface area contributed by atoms with E-state index in [2.05, 4.69) is 11.9 Å². The summed E-state index contributed by atoms with van der Waals surface area (Å²) in [4.78, 5) is 4.43. The molecule has 4 N–H and O–H groups in total. The van der Waals surface area contributed by atoms with Crippen LogP contribution in [0.1, 0.15) is 29.2 Å². The zero-order chi connectivity index (χ0) is 19.6. The van der Waals surface area contributed by atoms with Gasteiger partial charge in [-0.2, -0.15) is 0 Å². The zero-order valence-electron chi connectivity index (χ0n) is 14.7. The molecular weight excluding hydrogens is 410 g/mol. The van der Waals surface area contributed by atoms with Crippen LogP contribution in [0.2, 0.25) is 5.02 Å². The Morgan fingerprint density at radius 3 is 2.70 bits per heavy atom. The summed E-state index contributed by atoms with van der Waals surface area (Å²) < 4.78 is 6.78. The second-order valence-corrected chi connectivity index (χ2v) is 9.37. The Morgan fingerprint density at radius 1 is 1.22 bits per heavy atom. The van der Waals surface area contributed by atoms with E-state index in [-0.39, 0.29) is 0 Å². The lowest BCUT2D eigenvalue weighted by atomic mass is 9.90. The number of aliphatic hydroxyl groups excluding tert-OH is 4. The maximum atomic E-state index is 10.3. The van der Waals surface area contributed by atoms with E-state index in [0.717, 1.165) is 20.5 Å². The number of halogens is 1. The quantitative estimate of drug-likeness (QED) is 0.519. The number of rotatable bonds is 6. The summed E-state index contributed by atoms with van der Waals surface area (Å²) in [5.74, 6) is 0.981. The summed E-state index contributed by atoms with van der Waals surface area (Å²) in [6.07, 6.45) is -3.53. The Labute approximate surface area is 170 Å². The third-order valence-electron chi connectivity index (χ3n) is 4.45. The van der Waals surface area contributed by atoms with Gasteiger partial charge in [0.1, 0.15) is 30.5 Å². The van der Waals surface area contributed by atoms with Crippen molar-refractivity contribution >= 4 is 34.7 Å². The molecule has 1 aliphatic heterocycles. The van der Waals surface area contributed by atoms with Gasteiger partial charge in [-0.05, 0) is 22.9 Å². The zero-order valence-corrected chi connectivity index (χ0v) is 17.0. The molecule has 1 aromatic heterocycles. The lowest BCUT2D eigenvalue weighted by Gasteiger charge is -2.40. The predicted molar refractivity (Wildman–Crippen MR) is 105 cm³/mol. The summed E-state index contributed by atoms with van der Waals surface area (Å²) in [5.41, 5.74) is 1.44. The minimum atomic E-state index is -1.41. The maximum absolute atomic E-state index is 10.3. The number of benzene rings is 1. The van der Waals surface area contributed by atoms with Crippen molar-refractivity contribution in [2.75, 3.05) is 12.4 Å². The molecule has 2 heterocycles. The van der Waals surface area contributed by atoms with Crippen LogP contribution in [-0.4, -0.2) is 62.2 Å². The van der Waals surface area contributed by atoms with Crippen LogP contribution in [0.4, 0.5) is 0 Å². The van der Waals surface area contributed by atoms with Crippen molar-refractivity contribution in [3.8, 4) is 0 Å². The maximum Gasteiger partial charge on any atom is 0.113 e. The van der Waals surface area contributed by atoms with Crippen LogP contribution >= 0.6 is 34.7 Å². The van der Waals surface area contributed by atoms with E-state index in [1.807, 2.05) is 12.3 Å². The number of aliphatic hydroxyl groups is 4. The molecule has 0 bridgehead atoms. The molecule has 27 heavy (non-hydrogen) atoms. The summed E-state index contributed by atoms with van der Waals surface area (Å²) in [5, 5.41) is 41.1. The summed E-state index contributed by atoms with van der Waals surface area (Å²) >= 11 is 9.69. The van der Waals surface area contributed by atoms with Crippen LogP contribution in [0, 0.1) is 0 Å². The molecule has 6 nitrogen and oxygen atoms in total. The molecular formula is C18H22ClNO5S2. The number of ether oxygens (including phenoxy) is 1. The number of hydrogen-bond donors (Lipinski definition) is 4. The molecule has 0 amide bonds. The Balaban J connectivity index is 1.83. The van der Waals surface area contributed by atoms with Gasteiger partial charge in [-0.25, -0.2) is 4.98 Å². The van der Waals surface area contributed by atoms with Crippen LogP contribution in [0.15, 0.2) is 28.6 Å². The lowest BCUT2D eigenvalue weighted by Crippen LogP contribution is -2.55. The molecule has 3 rings (SSSR count). The monoisotopic (exact) mass is 431 g/mol. The Hall–Kier alpha value is -0.710. The van der Waals surface area contributed by atoms with Gasteiger partial charge in [0.15, 0.2) is 0 Å². The standard InChI is InChI=1S/C18H22ClNO5S2/c1-2-26-14-7-20-13(27-14)6-10-5-9(3-4-11(10)19)18-17(24)16(23)15(22)12(8-21)25-18/h3-5,7,12,15-18,21-24H,2,6,8H2,1H3/t12-,15-,16+,17-,18+/m1/s1. The molecule has 148 valence electrons. The highest BCUT2D eigenvalue weighted by atomic mass is 35.5. The van der Waals surface area contributed by atoms with Crippen molar-refractivity contribution in [1.29, 1.82) is 0 Å². The van der Waals surface area contributed by atoms with Gasteiger partial charge in [0.25, 0.3) is 0 Å². The third-order valence-corrected chi connectivity index (χ3v) is 6.89. The average Bonchev–Trinajstić information content (AvgIpc) is 3.09. The largest absolute Gasteiger partial charge is 0.394 e. The molecule has 0 unspecified atom stereocenters. The smallest absolute Gasteiger partial charge is 0.113 e. The first-order valence-corrected chi connectivity index (χ1v) is 10.8. The van der Waals surface area contributed by atoms with Crippen molar-refractivity contribution in [2.45, 2.75) is 48.1 Å². The first kappa shape index (κ1) is 21.0. The van der Waals surface area contributed by atoms with E-state index in [1.165, 1.54) is 0 Å². The van der Waals surface area contributed by atoms with Crippen LogP contribution in [-0.2, 0) is 11.2 Å². The molecule has 1 saturated heterocycles. The van der Waals surface area contributed by atoms with E-state index < -0.39 is 37.1 Å². The topological polar surface area (TPSA) is 103 Å². The number of thioether (sulfide) groups is 1. The number of nitrogens with zero attached hydrogens (tertiary/aromatic N) is 1. The highest BCUT2D eigenvalue weighted by molar-refractivity contribution is 8.01. The fourth-order valence-corrected chi connectivity index (χ4v) is 5.18. The van der Waals surface area contributed by atoms with E-state index in [9.17, 15) is 20.4 Å². The molecule has 5 atom stereocenters. The molecule has 0 aliphatic carbocycles. The second-order valence-electron chi connectivity index (χ2n) is 6.28. The highest BCUT2D eigenvalue weighted by Crippen LogP contribution is 2.35. The molecule has 1 aliphatic rings. The van der Waals surface area contributed by atoms with Gasteiger partial charge in [-0.1, -0.05) is 30.7 Å². The first-order chi connectivity index (χ1) is 12.9. The Morgan fingerprint density at radius 2 is 2.00 bits per heavy atom. The van der Waals surface area contributed by atoms with Crippen molar-refractivity contribution < 1.29 is 25.2 Å². The fourth-order valence-electron chi connectivity index (χ4n) is 3.03. The Bertz CT molecular complexity index is 772. The van der Waals surface area contributed by atoms with Gasteiger partial charge in [0.2, 0.25) is 0 Å². The third kappa shape index (κ3) is 4.65. The van der Waals surface area contributed by atoms with Gasteiger partial charge < -0.3 is 25.2 Å². The van der Waals surface area contributed by atoms with Crippen molar-refractivity contribution in [1.82, 2.24) is 4.98 Å². The minimum Gasteiger partial charge on any atom is -0.394 e. The van der Waals surface area contributed by atoms with E-state index in [4.69, 9.17) is 16.3 Å². The number of aromatic nitrogens is 1. The lowest BCUT2D eigenvalue weighted by molar-refractivity contribution is -0.231. The number of thiazole rings is 1. The predicted octanol–water partition coefficient (Wildman–Crippen LogP) is 2.01. The van der Waals surface area contributed by atoms with E-state index in [0.29, 0.717) is 17.0 Å². The first-order valence-electron chi connectivity index (χ1n) is 8.61. The van der Waals surface area contributed by atoms with Crippen LogP contribution in [0.25, 0.3) is 0 Å². The SMILES string of the molecule is CCSc1cnc(Cc2cc([C@@H]3O[C@H](CO)[C@@H](O)[C@H](O)[C@H]3O)ccc2Cl)s1. The van der Waals surface area contributed by atoms with Gasteiger partial charge in [-0.3, -0.25) is 0 Å². The molecule has 9 heteroatoms. The van der Waals surface area contributed by atoms with Crippen molar-refractivity contribution in [3.63, 3.8) is 0 Å². The molecule has 1 fully saturated rings. The van der Waals surface area contributed by atoms with Crippen LogP contribution in [0.5, 0.6) is 0 Å². The van der Waals surface area contributed by atoms with E-state index >= 15 is 0 Å². The fraction of sp³-hybridized carbons (Fsp3) is 0.500. The molecule has 0 radical (unpaired) electrons. The van der Waals surface area contributed by atoms with Crippen LogP contribution < -0.4 is 0 Å². The van der Waals surface area contributed by atoms with Crippen molar-refractivity contribution in [2.24, 2.45) is 0 Å². The molecule has 0 saturated carbocycles. The van der Waals surface area contributed by atoms with E-state index in [1.54, 1.807) is 35.2 Å². The summed E-state index contributed by atoms with van der Waals surface area (Å²) in [6, 6.07) is 5.23. The van der Waals surface area contributed by atoms with Crippen molar-refractivity contribution in [3.05, 3.63) is 45.6 Å². The van der Waals surface area contributed by atoms with Gasteiger partial charge >= 0.3 is 0 Å². The van der Waals surface area contributed by atoms with Crippen LogP contribution in [0.3, 0.4) is 0 Å². The number of hydrogen-bond acceptors (Lipinski definition) is 8. The Kier molecular flexibility index (Phi) is 7.15. The van der Waals surface area contributed by atoms with Gasteiger partial charge in [0.05, 0.1) is 22.0 Å². The summed E-state index contributed by atoms with van der Waals surface area (Å²) in [7, 11) is 0. The summed E-state index contributed by atoms with van der Waals surface area (Å²) in [6.45, 7) is 1.63. The normalized spacial score (nSPS) is 28.4.